The molecule has 1 unspecified atom stereocenters. The zero-order valence-electron chi connectivity index (χ0n) is 14.7. The average Bonchev–Trinajstić information content (AvgIpc) is 3.38. The van der Waals surface area contributed by atoms with E-state index in [9.17, 15) is 4.79 Å². The molecule has 0 N–H and O–H groups in total. The molecule has 1 amide bonds. The van der Waals surface area contributed by atoms with Crippen molar-refractivity contribution >= 4 is 5.91 Å². The Kier molecular flexibility index (Phi) is 4.48. The molecule has 0 aliphatic carbocycles. The summed E-state index contributed by atoms with van der Waals surface area (Å²) in [5.74, 6) is 0.196. The van der Waals surface area contributed by atoms with Crippen LogP contribution in [-0.4, -0.2) is 46.9 Å². The van der Waals surface area contributed by atoms with Crippen LogP contribution in [0.5, 0.6) is 0 Å². The van der Waals surface area contributed by atoms with E-state index >= 15 is 0 Å². The molecule has 134 valence electrons. The molecule has 6 heteroatoms. The van der Waals surface area contributed by atoms with Gasteiger partial charge in [-0.05, 0) is 24.8 Å². The van der Waals surface area contributed by atoms with Crippen LogP contribution >= 0.6 is 0 Å². The van der Waals surface area contributed by atoms with E-state index in [0.29, 0.717) is 25.3 Å². The fourth-order valence-corrected chi connectivity index (χ4v) is 4.14. The van der Waals surface area contributed by atoms with Crippen molar-refractivity contribution in [2.75, 3.05) is 26.3 Å². The minimum atomic E-state index is -0.490. The van der Waals surface area contributed by atoms with Gasteiger partial charge in [-0.2, -0.15) is 10.4 Å². The molecule has 3 heterocycles. The monoisotopic (exact) mass is 350 g/mol. The normalized spacial score (nSPS) is 22.1. The highest BCUT2D eigenvalue weighted by Gasteiger charge is 2.45. The van der Waals surface area contributed by atoms with Gasteiger partial charge in [0.2, 0.25) is 5.91 Å². The number of rotatable bonds is 3. The fraction of sp³-hybridized carbons (Fsp3) is 0.450. The van der Waals surface area contributed by atoms with Crippen molar-refractivity contribution in [3.8, 4) is 6.07 Å². The second-order valence-electron chi connectivity index (χ2n) is 7.07. The number of nitriles is 1. The zero-order chi connectivity index (χ0) is 18.0. The molecule has 2 fully saturated rings. The molecule has 0 saturated carbocycles. The highest BCUT2D eigenvalue weighted by Crippen LogP contribution is 2.38. The summed E-state index contributed by atoms with van der Waals surface area (Å²) in [7, 11) is 0. The van der Waals surface area contributed by atoms with Crippen LogP contribution in [0.1, 0.15) is 36.4 Å². The van der Waals surface area contributed by atoms with Gasteiger partial charge in [0.1, 0.15) is 6.07 Å². The standard InChI is InChI=1S/C20H22N4O2/c21-12-16-13-22-24(14-16)18-6-9-23(15-18)19(25)20(7-10-26-11-8-20)17-4-2-1-3-5-17/h1-5,13-14,18H,6-11,15H2. The molecular weight excluding hydrogens is 328 g/mol. The minimum Gasteiger partial charge on any atom is -0.381 e. The fourth-order valence-electron chi connectivity index (χ4n) is 4.14. The highest BCUT2D eigenvalue weighted by molar-refractivity contribution is 5.88. The molecule has 1 atom stereocenters. The zero-order valence-corrected chi connectivity index (χ0v) is 14.7. The summed E-state index contributed by atoms with van der Waals surface area (Å²) in [6.07, 6.45) is 5.64. The number of benzene rings is 1. The second-order valence-corrected chi connectivity index (χ2v) is 7.07. The van der Waals surface area contributed by atoms with Gasteiger partial charge in [0.15, 0.2) is 0 Å². The quantitative estimate of drug-likeness (QED) is 0.851. The van der Waals surface area contributed by atoms with Gasteiger partial charge in [0, 0.05) is 32.5 Å². The number of nitrogens with zero attached hydrogens (tertiary/aromatic N) is 4. The summed E-state index contributed by atoms with van der Waals surface area (Å²) >= 11 is 0. The van der Waals surface area contributed by atoms with Gasteiger partial charge in [0.05, 0.1) is 23.2 Å². The van der Waals surface area contributed by atoms with Crippen molar-refractivity contribution in [1.29, 1.82) is 5.26 Å². The first-order valence-corrected chi connectivity index (χ1v) is 9.10. The number of likely N-dealkylation sites (tertiary alicyclic amines) is 1. The van der Waals surface area contributed by atoms with Crippen molar-refractivity contribution in [2.24, 2.45) is 0 Å². The van der Waals surface area contributed by atoms with Crippen LogP contribution in [0.15, 0.2) is 42.7 Å². The first-order chi connectivity index (χ1) is 12.7. The lowest BCUT2D eigenvalue weighted by molar-refractivity contribution is -0.140. The topological polar surface area (TPSA) is 71.2 Å². The number of aromatic nitrogens is 2. The predicted octanol–water partition coefficient (Wildman–Crippen LogP) is 2.28. The molecule has 2 aliphatic rings. The van der Waals surface area contributed by atoms with Gasteiger partial charge in [-0.1, -0.05) is 30.3 Å². The molecular formula is C20H22N4O2. The molecule has 1 aromatic carbocycles. The van der Waals surface area contributed by atoms with E-state index < -0.39 is 5.41 Å². The maximum absolute atomic E-state index is 13.5. The Bertz CT molecular complexity index is 818. The van der Waals surface area contributed by atoms with Crippen LogP contribution in [0.2, 0.25) is 0 Å². The van der Waals surface area contributed by atoms with Gasteiger partial charge in [0.25, 0.3) is 0 Å². The van der Waals surface area contributed by atoms with E-state index in [1.54, 1.807) is 12.4 Å². The van der Waals surface area contributed by atoms with E-state index in [1.807, 2.05) is 27.8 Å². The molecule has 0 radical (unpaired) electrons. The third kappa shape index (κ3) is 2.89. The van der Waals surface area contributed by atoms with Gasteiger partial charge < -0.3 is 9.64 Å². The van der Waals surface area contributed by atoms with E-state index in [1.165, 1.54) is 0 Å². The van der Waals surface area contributed by atoms with E-state index in [4.69, 9.17) is 10.00 Å². The molecule has 0 bridgehead atoms. The van der Waals surface area contributed by atoms with Gasteiger partial charge in [-0.3, -0.25) is 9.48 Å². The van der Waals surface area contributed by atoms with E-state index in [0.717, 1.165) is 31.4 Å². The summed E-state index contributed by atoms with van der Waals surface area (Å²) in [4.78, 5) is 15.5. The average molecular weight is 350 g/mol. The number of hydrogen-bond acceptors (Lipinski definition) is 4. The van der Waals surface area contributed by atoms with Gasteiger partial charge in [-0.25, -0.2) is 0 Å². The Morgan fingerprint density at radius 3 is 2.73 bits per heavy atom. The summed E-state index contributed by atoms with van der Waals surface area (Å²) in [5.41, 5.74) is 1.15. The maximum atomic E-state index is 13.5. The molecule has 0 spiro atoms. The Labute approximate surface area is 153 Å². The second kappa shape index (κ2) is 6.93. The lowest BCUT2D eigenvalue weighted by Crippen LogP contribution is -2.49. The first-order valence-electron chi connectivity index (χ1n) is 9.10. The molecule has 2 saturated heterocycles. The molecule has 2 aliphatic heterocycles. The van der Waals surface area contributed by atoms with E-state index in [2.05, 4.69) is 23.3 Å². The Morgan fingerprint density at radius 2 is 2.04 bits per heavy atom. The van der Waals surface area contributed by atoms with Crippen molar-refractivity contribution in [3.05, 3.63) is 53.9 Å². The molecule has 6 nitrogen and oxygen atoms in total. The van der Waals surface area contributed by atoms with Crippen molar-refractivity contribution in [2.45, 2.75) is 30.7 Å². The maximum Gasteiger partial charge on any atom is 0.233 e. The summed E-state index contributed by atoms with van der Waals surface area (Å²) in [5, 5.41) is 13.3. The van der Waals surface area contributed by atoms with Crippen LogP contribution in [0, 0.1) is 11.3 Å². The number of hydrogen-bond donors (Lipinski definition) is 0. The summed E-state index contributed by atoms with van der Waals surface area (Å²) < 4.78 is 7.37. The van der Waals surface area contributed by atoms with Gasteiger partial charge >= 0.3 is 0 Å². The van der Waals surface area contributed by atoms with E-state index in [-0.39, 0.29) is 11.9 Å². The van der Waals surface area contributed by atoms with Crippen molar-refractivity contribution in [3.63, 3.8) is 0 Å². The van der Waals surface area contributed by atoms with Crippen LogP contribution < -0.4 is 0 Å². The van der Waals surface area contributed by atoms with Crippen LogP contribution in [-0.2, 0) is 14.9 Å². The predicted molar refractivity (Wildman–Crippen MR) is 95.3 cm³/mol. The van der Waals surface area contributed by atoms with Crippen LogP contribution in [0.25, 0.3) is 0 Å². The number of carbonyl (C=O) groups excluding carboxylic acids is 1. The van der Waals surface area contributed by atoms with Gasteiger partial charge in [-0.15, -0.1) is 0 Å². The van der Waals surface area contributed by atoms with Crippen LogP contribution in [0.4, 0.5) is 0 Å². The Balaban J connectivity index is 1.56. The highest BCUT2D eigenvalue weighted by atomic mass is 16.5. The Hall–Kier alpha value is -2.65. The third-order valence-electron chi connectivity index (χ3n) is 5.64. The summed E-state index contributed by atoms with van der Waals surface area (Å²) in [6.45, 7) is 2.59. The lowest BCUT2D eigenvalue weighted by atomic mass is 9.73. The molecule has 1 aromatic heterocycles. The molecule has 2 aromatic rings. The number of carbonyl (C=O) groups is 1. The molecule has 26 heavy (non-hydrogen) atoms. The molecule has 4 rings (SSSR count). The number of amides is 1. The van der Waals surface area contributed by atoms with Crippen LogP contribution in [0.3, 0.4) is 0 Å². The summed E-state index contributed by atoms with van der Waals surface area (Å²) in [6, 6.07) is 12.3. The smallest absolute Gasteiger partial charge is 0.233 e. The van der Waals surface area contributed by atoms with Crippen molar-refractivity contribution < 1.29 is 9.53 Å². The minimum absolute atomic E-state index is 0.133. The Morgan fingerprint density at radius 1 is 1.27 bits per heavy atom. The lowest BCUT2D eigenvalue weighted by Gasteiger charge is -2.39. The largest absolute Gasteiger partial charge is 0.381 e. The first kappa shape index (κ1) is 16.8. The third-order valence-corrected chi connectivity index (χ3v) is 5.64. The SMILES string of the molecule is N#Cc1cnn(C2CCN(C(=O)C3(c4ccccc4)CCOCC3)C2)c1. The number of ether oxygens (including phenoxy) is 1. The van der Waals surface area contributed by atoms with Crippen molar-refractivity contribution in [1.82, 2.24) is 14.7 Å².